The van der Waals surface area contributed by atoms with Gasteiger partial charge in [0.2, 0.25) is 0 Å². The number of anilines is 1. The van der Waals surface area contributed by atoms with Crippen LogP contribution >= 0.6 is 27.3 Å². The smallest absolute Gasteiger partial charge is 0.263 e. The number of hydrogen-bond acceptors (Lipinski definition) is 4. The first kappa shape index (κ1) is 16.7. The Morgan fingerprint density at radius 1 is 1.38 bits per heavy atom. The van der Waals surface area contributed by atoms with Gasteiger partial charge in [0.1, 0.15) is 11.6 Å². The molecule has 0 spiro atoms. The van der Waals surface area contributed by atoms with Crippen LogP contribution in [0.5, 0.6) is 5.75 Å². The first-order chi connectivity index (χ1) is 11.6. The summed E-state index contributed by atoms with van der Waals surface area (Å²) in [5, 5.41) is 9.11. The lowest BCUT2D eigenvalue weighted by molar-refractivity contribution is -0.118. The zero-order valence-corrected chi connectivity index (χ0v) is 15.4. The molecular weight excluding hydrogens is 390 g/mol. The molecule has 1 amide bonds. The molecule has 3 aromatic rings. The van der Waals surface area contributed by atoms with Gasteiger partial charge in [-0.2, -0.15) is 5.10 Å². The fourth-order valence-electron chi connectivity index (χ4n) is 2.18. The molecule has 5 nitrogen and oxygen atoms in total. The standard InChI is InChI=1S/C17H16BrN3O2S/c1-12-3-2-4-14(7-12)23-10-17(22)20-16-5-6-19-21(16)9-15-8-13(18)11-24-15/h2-8,11H,9-10H2,1H3,(H,20,22). The molecule has 0 saturated heterocycles. The number of aromatic nitrogens is 2. The predicted molar refractivity (Wildman–Crippen MR) is 98.7 cm³/mol. The first-order valence-electron chi connectivity index (χ1n) is 7.34. The highest BCUT2D eigenvalue weighted by atomic mass is 79.9. The molecule has 0 aliphatic carbocycles. The molecule has 0 bridgehead atoms. The van der Waals surface area contributed by atoms with E-state index in [2.05, 4.69) is 26.3 Å². The summed E-state index contributed by atoms with van der Waals surface area (Å²) in [7, 11) is 0. The van der Waals surface area contributed by atoms with Gasteiger partial charge in [0, 0.05) is 20.8 Å². The third kappa shape index (κ3) is 4.46. The van der Waals surface area contributed by atoms with Gasteiger partial charge >= 0.3 is 0 Å². The summed E-state index contributed by atoms with van der Waals surface area (Å²) < 4.78 is 8.31. The van der Waals surface area contributed by atoms with E-state index in [4.69, 9.17) is 4.74 Å². The summed E-state index contributed by atoms with van der Waals surface area (Å²) in [5.74, 6) is 1.12. The summed E-state index contributed by atoms with van der Waals surface area (Å²) >= 11 is 5.08. The molecule has 7 heteroatoms. The molecule has 3 rings (SSSR count). The van der Waals surface area contributed by atoms with Crippen molar-refractivity contribution in [3.63, 3.8) is 0 Å². The van der Waals surface area contributed by atoms with E-state index in [0.717, 1.165) is 14.9 Å². The SMILES string of the molecule is Cc1cccc(OCC(=O)Nc2ccnn2Cc2cc(Br)cs2)c1. The summed E-state index contributed by atoms with van der Waals surface area (Å²) in [4.78, 5) is 13.2. The summed E-state index contributed by atoms with van der Waals surface area (Å²) in [6.45, 7) is 2.55. The van der Waals surface area contributed by atoms with Crippen molar-refractivity contribution >= 4 is 39.0 Å². The zero-order valence-electron chi connectivity index (χ0n) is 13.0. The number of carbonyl (C=O) groups is 1. The molecule has 24 heavy (non-hydrogen) atoms. The summed E-state index contributed by atoms with van der Waals surface area (Å²) in [5.41, 5.74) is 1.09. The highest BCUT2D eigenvalue weighted by Gasteiger charge is 2.09. The molecule has 0 radical (unpaired) electrons. The van der Waals surface area contributed by atoms with E-state index < -0.39 is 0 Å². The van der Waals surface area contributed by atoms with E-state index >= 15 is 0 Å². The second-order valence-corrected chi connectivity index (χ2v) is 7.17. The number of benzene rings is 1. The molecule has 2 aromatic heterocycles. The van der Waals surface area contributed by atoms with Gasteiger partial charge in [-0.15, -0.1) is 11.3 Å². The van der Waals surface area contributed by atoms with Crippen molar-refractivity contribution in [2.75, 3.05) is 11.9 Å². The Balaban J connectivity index is 1.58. The van der Waals surface area contributed by atoms with Crippen LogP contribution in [0.2, 0.25) is 0 Å². The minimum absolute atomic E-state index is 0.0425. The van der Waals surface area contributed by atoms with Gasteiger partial charge in [0.05, 0.1) is 12.7 Å². The lowest BCUT2D eigenvalue weighted by Crippen LogP contribution is -2.22. The van der Waals surface area contributed by atoms with E-state index in [0.29, 0.717) is 18.1 Å². The number of ether oxygens (including phenoxy) is 1. The third-order valence-corrected chi connectivity index (χ3v) is 4.95. The van der Waals surface area contributed by atoms with E-state index in [1.165, 1.54) is 0 Å². The van der Waals surface area contributed by atoms with Crippen molar-refractivity contribution in [1.82, 2.24) is 9.78 Å². The maximum absolute atomic E-state index is 12.1. The van der Waals surface area contributed by atoms with Gasteiger partial charge in [-0.1, -0.05) is 12.1 Å². The average Bonchev–Trinajstić information content (AvgIpc) is 3.15. The predicted octanol–water partition coefficient (Wildman–Crippen LogP) is 4.08. The second kappa shape index (κ2) is 7.63. The van der Waals surface area contributed by atoms with Crippen molar-refractivity contribution in [1.29, 1.82) is 0 Å². The molecule has 0 unspecified atom stereocenters. The van der Waals surface area contributed by atoms with Gasteiger partial charge < -0.3 is 10.1 Å². The van der Waals surface area contributed by atoms with Gasteiger partial charge in [0.15, 0.2) is 6.61 Å². The number of aryl methyl sites for hydroxylation is 1. The lowest BCUT2D eigenvalue weighted by Gasteiger charge is -2.09. The highest BCUT2D eigenvalue weighted by molar-refractivity contribution is 9.10. The molecule has 0 atom stereocenters. The van der Waals surface area contributed by atoms with Crippen LogP contribution in [0.1, 0.15) is 10.4 Å². The highest BCUT2D eigenvalue weighted by Crippen LogP contribution is 2.21. The fraction of sp³-hybridized carbons (Fsp3) is 0.176. The van der Waals surface area contributed by atoms with Crippen molar-refractivity contribution in [3.05, 3.63) is 62.9 Å². The molecule has 0 aliphatic rings. The molecule has 0 fully saturated rings. The van der Waals surface area contributed by atoms with E-state index in [-0.39, 0.29) is 12.5 Å². The molecular formula is C17H16BrN3O2S. The Hall–Kier alpha value is -2.12. The first-order valence-corrected chi connectivity index (χ1v) is 9.01. The van der Waals surface area contributed by atoms with Crippen molar-refractivity contribution in [2.24, 2.45) is 0 Å². The molecule has 1 aromatic carbocycles. The minimum Gasteiger partial charge on any atom is -0.484 e. The molecule has 124 valence electrons. The van der Waals surface area contributed by atoms with Crippen LogP contribution in [0.4, 0.5) is 5.82 Å². The van der Waals surface area contributed by atoms with Crippen LogP contribution in [-0.4, -0.2) is 22.3 Å². The molecule has 2 heterocycles. The molecule has 1 N–H and O–H groups in total. The Morgan fingerprint density at radius 2 is 2.25 bits per heavy atom. The maximum Gasteiger partial charge on any atom is 0.263 e. The molecule has 0 aliphatic heterocycles. The number of nitrogens with zero attached hydrogens (tertiary/aromatic N) is 2. The van der Waals surface area contributed by atoms with Crippen LogP contribution in [0.25, 0.3) is 0 Å². The third-order valence-electron chi connectivity index (χ3n) is 3.27. The monoisotopic (exact) mass is 405 g/mol. The van der Waals surface area contributed by atoms with Gasteiger partial charge in [-0.05, 0) is 46.6 Å². The number of nitrogens with one attached hydrogen (secondary N) is 1. The largest absolute Gasteiger partial charge is 0.484 e. The quantitative estimate of drug-likeness (QED) is 0.671. The Bertz CT molecular complexity index is 844. The van der Waals surface area contributed by atoms with E-state index in [1.54, 1.807) is 28.3 Å². The van der Waals surface area contributed by atoms with E-state index in [9.17, 15) is 4.79 Å². The van der Waals surface area contributed by atoms with Gasteiger partial charge in [-0.3, -0.25) is 4.79 Å². The number of halogens is 1. The zero-order chi connectivity index (χ0) is 16.9. The number of hydrogen-bond donors (Lipinski definition) is 1. The van der Waals surface area contributed by atoms with Crippen LogP contribution in [0.15, 0.2) is 52.4 Å². The fourth-order valence-corrected chi connectivity index (χ4v) is 3.61. The topological polar surface area (TPSA) is 56.1 Å². The van der Waals surface area contributed by atoms with Crippen LogP contribution < -0.4 is 10.1 Å². The lowest BCUT2D eigenvalue weighted by atomic mass is 10.2. The van der Waals surface area contributed by atoms with E-state index in [1.807, 2.05) is 42.6 Å². The second-order valence-electron chi connectivity index (χ2n) is 5.26. The average molecular weight is 406 g/mol. The summed E-state index contributed by atoms with van der Waals surface area (Å²) in [6, 6.07) is 11.4. The van der Waals surface area contributed by atoms with Gasteiger partial charge in [-0.25, -0.2) is 4.68 Å². The minimum atomic E-state index is -0.217. The number of amides is 1. The van der Waals surface area contributed by atoms with Crippen LogP contribution in [-0.2, 0) is 11.3 Å². The Morgan fingerprint density at radius 3 is 3.00 bits per heavy atom. The van der Waals surface area contributed by atoms with Crippen LogP contribution in [0, 0.1) is 6.92 Å². The normalized spacial score (nSPS) is 10.6. The van der Waals surface area contributed by atoms with Crippen molar-refractivity contribution in [3.8, 4) is 5.75 Å². The van der Waals surface area contributed by atoms with Crippen molar-refractivity contribution in [2.45, 2.75) is 13.5 Å². The number of thiophene rings is 1. The number of rotatable bonds is 6. The van der Waals surface area contributed by atoms with Crippen molar-refractivity contribution < 1.29 is 9.53 Å². The Kier molecular flexibility index (Phi) is 5.32. The number of carbonyl (C=O) groups excluding carboxylic acids is 1. The summed E-state index contributed by atoms with van der Waals surface area (Å²) in [6.07, 6.45) is 1.67. The van der Waals surface area contributed by atoms with Gasteiger partial charge in [0.25, 0.3) is 5.91 Å². The Labute approximate surface area is 152 Å². The maximum atomic E-state index is 12.1. The van der Waals surface area contributed by atoms with Crippen LogP contribution in [0.3, 0.4) is 0 Å². The molecule has 0 saturated carbocycles.